The first-order valence-electron chi connectivity index (χ1n) is 21.7. The average Bonchev–Trinajstić information content (AvgIpc) is 4.07. The van der Waals surface area contributed by atoms with Gasteiger partial charge in [-0.25, -0.2) is 9.98 Å². The van der Waals surface area contributed by atoms with Crippen LogP contribution in [0.25, 0.3) is 71.7 Å². The van der Waals surface area contributed by atoms with Gasteiger partial charge in [0, 0.05) is 38.4 Å². The predicted octanol–water partition coefficient (Wildman–Crippen LogP) is 14.1. The smallest absolute Gasteiger partial charge is 0.161 e. The molecule has 0 saturated heterocycles. The van der Waals surface area contributed by atoms with Crippen molar-refractivity contribution >= 4 is 62.1 Å². The molecule has 0 bridgehead atoms. The summed E-state index contributed by atoms with van der Waals surface area (Å²) in [7, 11) is 0. The fourth-order valence-electron chi connectivity index (χ4n) is 10.8. The summed E-state index contributed by atoms with van der Waals surface area (Å²) in [4.78, 5) is 14.7. The van der Waals surface area contributed by atoms with Gasteiger partial charge >= 0.3 is 0 Å². The lowest BCUT2D eigenvalue weighted by atomic mass is 9.70. The normalized spacial score (nSPS) is 13.8. The molecule has 0 radical (unpaired) electrons. The molecule has 64 heavy (non-hydrogen) atoms. The lowest BCUT2D eigenvalue weighted by Gasteiger charge is -2.30. The van der Waals surface area contributed by atoms with Crippen LogP contribution in [0.4, 0.5) is 0 Å². The van der Waals surface area contributed by atoms with E-state index in [1.54, 1.807) is 0 Å². The second-order valence-electron chi connectivity index (χ2n) is 16.7. The van der Waals surface area contributed by atoms with Gasteiger partial charge in [-0.05, 0) is 99.3 Å². The van der Waals surface area contributed by atoms with Crippen LogP contribution >= 0.6 is 0 Å². The van der Waals surface area contributed by atoms with E-state index in [-0.39, 0.29) is 0 Å². The van der Waals surface area contributed by atoms with Crippen LogP contribution in [0.1, 0.15) is 38.9 Å². The SMILES string of the molecule is C=NC(=NC(=NCc1ccccc1)c1ccccc1)c1cccc2oc3ccc(-n4c5ccccc5c5cc6c(cc54)-c4ccccc4C64c5ccccc5-c5ccccc54)cc3c12. The summed E-state index contributed by atoms with van der Waals surface area (Å²) in [5, 5.41) is 4.32. The molecule has 11 aromatic rings. The van der Waals surface area contributed by atoms with Crippen molar-refractivity contribution in [3.05, 3.63) is 245 Å². The summed E-state index contributed by atoms with van der Waals surface area (Å²) >= 11 is 0. The second-order valence-corrected chi connectivity index (χ2v) is 16.7. The molecule has 2 heterocycles. The Morgan fingerprint density at radius 3 is 1.84 bits per heavy atom. The van der Waals surface area contributed by atoms with E-state index >= 15 is 0 Å². The average molecular weight is 819 g/mol. The number of fused-ring (bicyclic) bond motifs is 16. The Hall–Kier alpha value is -8.41. The summed E-state index contributed by atoms with van der Waals surface area (Å²) in [5.74, 6) is 1.06. The van der Waals surface area contributed by atoms with Gasteiger partial charge in [0.15, 0.2) is 11.7 Å². The maximum Gasteiger partial charge on any atom is 0.161 e. The highest BCUT2D eigenvalue weighted by atomic mass is 16.3. The molecule has 2 aliphatic rings. The number of aliphatic imine (C=N–C) groups is 3. The molecule has 0 unspecified atom stereocenters. The number of para-hydroxylation sites is 1. The lowest BCUT2D eigenvalue weighted by Crippen LogP contribution is -2.25. The zero-order chi connectivity index (χ0) is 42.4. The zero-order valence-electron chi connectivity index (χ0n) is 34.7. The molecule has 0 atom stereocenters. The molecule has 0 saturated carbocycles. The van der Waals surface area contributed by atoms with E-state index in [0.717, 1.165) is 55.3 Å². The van der Waals surface area contributed by atoms with Gasteiger partial charge in [-0.1, -0.05) is 164 Å². The molecule has 0 N–H and O–H groups in total. The van der Waals surface area contributed by atoms with Gasteiger partial charge < -0.3 is 8.98 Å². The van der Waals surface area contributed by atoms with Gasteiger partial charge in [-0.2, -0.15) is 0 Å². The van der Waals surface area contributed by atoms with Gasteiger partial charge in [0.2, 0.25) is 0 Å². The molecule has 9 aromatic carbocycles. The fourth-order valence-corrected chi connectivity index (χ4v) is 10.8. The summed E-state index contributed by atoms with van der Waals surface area (Å²) in [6.45, 7) is 4.51. The first-order chi connectivity index (χ1) is 31.7. The van der Waals surface area contributed by atoms with Gasteiger partial charge in [-0.3, -0.25) is 4.99 Å². The Morgan fingerprint density at radius 1 is 0.484 bits per heavy atom. The third kappa shape index (κ3) is 5.15. The summed E-state index contributed by atoms with van der Waals surface area (Å²) < 4.78 is 9.00. The molecule has 300 valence electrons. The molecule has 5 heteroatoms. The van der Waals surface area contributed by atoms with Crippen molar-refractivity contribution in [1.82, 2.24) is 4.57 Å². The van der Waals surface area contributed by atoms with Crippen LogP contribution in [0.3, 0.4) is 0 Å². The van der Waals surface area contributed by atoms with Gasteiger partial charge in [0.25, 0.3) is 0 Å². The van der Waals surface area contributed by atoms with Crippen LogP contribution in [0.15, 0.2) is 226 Å². The van der Waals surface area contributed by atoms with Crippen molar-refractivity contribution in [2.45, 2.75) is 12.0 Å². The van der Waals surface area contributed by atoms with Crippen LogP contribution in [0, 0.1) is 0 Å². The third-order valence-electron chi connectivity index (χ3n) is 13.4. The third-order valence-corrected chi connectivity index (χ3v) is 13.4. The quantitative estimate of drug-likeness (QED) is 0.126. The van der Waals surface area contributed by atoms with Crippen LogP contribution < -0.4 is 0 Å². The summed E-state index contributed by atoms with van der Waals surface area (Å²) in [6, 6.07) is 73.6. The molecular weight excluding hydrogens is 781 g/mol. The molecule has 2 aromatic heterocycles. The maximum atomic E-state index is 6.58. The van der Waals surface area contributed by atoms with Crippen LogP contribution in [0.2, 0.25) is 0 Å². The highest BCUT2D eigenvalue weighted by Crippen LogP contribution is 2.63. The van der Waals surface area contributed by atoms with Crippen LogP contribution in [-0.2, 0) is 12.0 Å². The van der Waals surface area contributed by atoms with Crippen molar-refractivity contribution in [3.63, 3.8) is 0 Å². The number of hydrogen-bond acceptors (Lipinski definition) is 2. The summed E-state index contributed by atoms with van der Waals surface area (Å²) in [6.07, 6.45) is 0. The van der Waals surface area contributed by atoms with Gasteiger partial charge in [0.1, 0.15) is 11.2 Å². The lowest BCUT2D eigenvalue weighted by molar-refractivity contribution is 0.669. The number of furan rings is 1. The van der Waals surface area contributed by atoms with E-state index in [2.05, 4.69) is 156 Å². The Labute approximate surface area is 369 Å². The molecule has 13 rings (SSSR count). The minimum Gasteiger partial charge on any atom is -0.456 e. The predicted molar refractivity (Wildman–Crippen MR) is 264 cm³/mol. The number of rotatable bonds is 5. The summed E-state index contributed by atoms with van der Waals surface area (Å²) in [5.41, 5.74) is 17.7. The van der Waals surface area contributed by atoms with Crippen molar-refractivity contribution in [2.24, 2.45) is 15.0 Å². The molecule has 0 aliphatic heterocycles. The molecule has 2 aliphatic carbocycles. The van der Waals surface area contributed by atoms with Crippen LogP contribution in [0.5, 0.6) is 0 Å². The van der Waals surface area contributed by atoms with E-state index in [1.807, 2.05) is 66.7 Å². The van der Waals surface area contributed by atoms with Crippen molar-refractivity contribution in [2.75, 3.05) is 0 Å². The Kier molecular flexibility index (Phi) is 7.97. The van der Waals surface area contributed by atoms with Crippen LogP contribution in [-0.4, -0.2) is 23.0 Å². The van der Waals surface area contributed by atoms with Crippen molar-refractivity contribution in [1.29, 1.82) is 0 Å². The van der Waals surface area contributed by atoms with Crippen molar-refractivity contribution < 1.29 is 4.42 Å². The van der Waals surface area contributed by atoms with E-state index in [1.165, 1.54) is 55.3 Å². The number of aromatic nitrogens is 1. The van der Waals surface area contributed by atoms with E-state index in [0.29, 0.717) is 18.2 Å². The second kappa shape index (κ2) is 14.1. The maximum absolute atomic E-state index is 6.58. The zero-order valence-corrected chi connectivity index (χ0v) is 34.7. The van der Waals surface area contributed by atoms with Crippen molar-refractivity contribution in [3.8, 4) is 27.9 Å². The molecule has 1 spiro atoms. The minimum atomic E-state index is -0.424. The number of hydrogen-bond donors (Lipinski definition) is 0. The monoisotopic (exact) mass is 818 g/mol. The van der Waals surface area contributed by atoms with Gasteiger partial charge in [-0.15, -0.1) is 0 Å². The fraction of sp³-hybridized carbons (Fsp3) is 0.0339. The highest BCUT2D eigenvalue weighted by molar-refractivity contribution is 6.22. The highest BCUT2D eigenvalue weighted by Gasteiger charge is 2.51. The van der Waals surface area contributed by atoms with Gasteiger partial charge in [0.05, 0.1) is 23.0 Å². The number of benzene rings is 9. The first kappa shape index (κ1) is 36.3. The van der Waals surface area contributed by atoms with E-state index in [9.17, 15) is 0 Å². The number of nitrogens with zero attached hydrogens (tertiary/aromatic N) is 4. The Bertz CT molecular complexity index is 3730. The molecule has 0 fully saturated rings. The minimum absolute atomic E-state index is 0.424. The standard InChI is InChI=1S/C59H38N4O/c1-60-58(62-57(38-19-6-3-7-20-38)61-36-37-17-4-2-5-18-37)44-25-16-30-55-56(44)47-33-39(31-32-54(47)64-55)63-52-29-15-11-24-43(52)46-34-51-45(35-53(46)63)42-23-10-14-28-50(42)59(51)48-26-12-8-21-40(48)41-22-9-13-27-49(41)59/h2-35H,1,36H2. The Balaban J connectivity index is 1.02. The largest absolute Gasteiger partial charge is 0.456 e. The Morgan fingerprint density at radius 2 is 1.12 bits per heavy atom. The van der Waals surface area contributed by atoms with E-state index in [4.69, 9.17) is 14.4 Å². The number of amidine groups is 2. The molecule has 0 amide bonds. The molecule has 5 nitrogen and oxygen atoms in total. The first-order valence-corrected chi connectivity index (χ1v) is 21.7. The molecular formula is C59H38N4O. The topological polar surface area (TPSA) is 55.1 Å². The van der Waals surface area contributed by atoms with E-state index < -0.39 is 5.41 Å².